The number of para-hydroxylation sites is 1. The monoisotopic (exact) mass is 492 g/mol. The summed E-state index contributed by atoms with van der Waals surface area (Å²) >= 11 is 0. The number of hydrogen-bond acceptors (Lipinski definition) is 9. The first-order chi connectivity index (χ1) is 16.6. The van der Waals surface area contributed by atoms with E-state index in [0.717, 1.165) is 6.42 Å². The van der Waals surface area contributed by atoms with Gasteiger partial charge in [0.05, 0.1) is 17.2 Å². The Morgan fingerprint density at radius 1 is 1.06 bits per heavy atom. The summed E-state index contributed by atoms with van der Waals surface area (Å²) in [6, 6.07) is 3.21. The molecular formula is C25H36N2O8. The fourth-order valence-corrected chi connectivity index (χ4v) is 3.94. The third-order valence-electron chi connectivity index (χ3n) is 5.92. The maximum atomic E-state index is 13.1. The van der Waals surface area contributed by atoms with Crippen molar-refractivity contribution in [2.24, 2.45) is 5.92 Å². The Bertz CT molecular complexity index is 919. The number of esters is 3. The van der Waals surface area contributed by atoms with Crippen LogP contribution in [-0.4, -0.2) is 60.3 Å². The van der Waals surface area contributed by atoms with Crippen molar-refractivity contribution in [3.63, 3.8) is 0 Å². The molecule has 0 aliphatic carbocycles. The number of amides is 1. The fourth-order valence-electron chi connectivity index (χ4n) is 3.94. The van der Waals surface area contributed by atoms with Crippen LogP contribution >= 0.6 is 0 Å². The van der Waals surface area contributed by atoms with Crippen LogP contribution in [0.15, 0.2) is 18.2 Å². The van der Waals surface area contributed by atoms with E-state index < -0.39 is 54.1 Å². The van der Waals surface area contributed by atoms with E-state index in [0.29, 0.717) is 24.9 Å². The molecule has 1 aliphatic heterocycles. The van der Waals surface area contributed by atoms with Gasteiger partial charge in [0.15, 0.2) is 17.9 Å². The van der Waals surface area contributed by atoms with Crippen LogP contribution in [0.2, 0.25) is 0 Å². The van der Waals surface area contributed by atoms with Crippen LogP contribution < -0.4 is 10.6 Å². The lowest BCUT2D eigenvalue weighted by Crippen LogP contribution is -2.50. The molecule has 35 heavy (non-hydrogen) atoms. The van der Waals surface area contributed by atoms with Crippen LogP contribution in [0.25, 0.3) is 0 Å². The number of benzene rings is 1. The van der Waals surface area contributed by atoms with E-state index in [2.05, 4.69) is 10.6 Å². The zero-order chi connectivity index (χ0) is 26.1. The number of aromatic hydroxyl groups is 1. The average Bonchev–Trinajstić information content (AvgIpc) is 2.83. The molecule has 194 valence electrons. The summed E-state index contributed by atoms with van der Waals surface area (Å²) in [5, 5.41) is 15.6. The number of cyclic esters (lactones) is 2. The first-order valence-corrected chi connectivity index (χ1v) is 12.1. The number of nitrogens with one attached hydrogen (secondary N) is 2. The lowest BCUT2D eigenvalue weighted by Gasteiger charge is -2.29. The fraction of sp³-hybridized carbons (Fsp3) is 0.600. The number of phenolic OH excluding ortho intramolecular Hbond substituents is 1. The van der Waals surface area contributed by atoms with Crippen molar-refractivity contribution in [3.8, 4) is 5.75 Å². The molecule has 1 fully saturated rings. The minimum Gasteiger partial charge on any atom is -0.505 e. The van der Waals surface area contributed by atoms with Gasteiger partial charge in [-0.05, 0) is 38.8 Å². The normalized spacial score (nSPS) is 24.8. The maximum absolute atomic E-state index is 13.1. The van der Waals surface area contributed by atoms with Gasteiger partial charge >= 0.3 is 17.9 Å². The van der Waals surface area contributed by atoms with E-state index in [1.165, 1.54) is 13.0 Å². The zero-order valence-electron chi connectivity index (χ0n) is 21.0. The van der Waals surface area contributed by atoms with Gasteiger partial charge in [-0.2, -0.15) is 0 Å². The number of ether oxygens (including phenoxy) is 3. The van der Waals surface area contributed by atoms with Crippen molar-refractivity contribution in [1.29, 1.82) is 0 Å². The Labute approximate surface area is 205 Å². The molecule has 0 radical (unpaired) electrons. The molecule has 2 rings (SSSR count). The SMILES string of the molecule is CCCC[C@H]1C(=O)O[C@H](C)[C@H](NC(=O)c2cccc(NC)c2O)C(=O)O[C@@H](C)[C@@H]1OC(=O)CCC. The molecule has 3 N–H and O–H groups in total. The molecule has 1 heterocycles. The Hall–Kier alpha value is -3.30. The molecule has 0 spiro atoms. The number of hydrogen-bond donors (Lipinski definition) is 3. The summed E-state index contributed by atoms with van der Waals surface area (Å²) < 4.78 is 16.7. The van der Waals surface area contributed by atoms with E-state index in [-0.39, 0.29) is 17.7 Å². The number of phenols is 1. The van der Waals surface area contributed by atoms with Gasteiger partial charge < -0.3 is 30.0 Å². The highest BCUT2D eigenvalue weighted by Crippen LogP contribution is 2.28. The van der Waals surface area contributed by atoms with Gasteiger partial charge in [-0.1, -0.05) is 32.8 Å². The largest absolute Gasteiger partial charge is 0.505 e. The van der Waals surface area contributed by atoms with Crippen LogP contribution in [0, 0.1) is 5.92 Å². The number of rotatable bonds is 9. The molecule has 5 atom stereocenters. The number of carbonyl (C=O) groups excluding carboxylic acids is 4. The number of anilines is 1. The molecule has 1 saturated heterocycles. The topological polar surface area (TPSA) is 140 Å². The highest BCUT2D eigenvalue weighted by atomic mass is 16.6. The average molecular weight is 493 g/mol. The molecular weight excluding hydrogens is 456 g/mol. The second-order valence-corrected chi connectivity index (χ2v) is 8.64. The van der Waals surface area contributed by atoms with Crippen LogP contribution in [-0.2, 0) is 28.6 Å². The molecule has 1 amide bonds. The van der Waals surface area contributed by atoms with Crippen molar-refractivity contribution in [1.82, 2.24) is 5.32 Å². The van der Waals surface area contributed by atoms with E-state index in [1.807, 2.05) is 13.8 Å². The molecule has 10 heteroatoms. The highest BCUT2D eigenvalue weighted by molar-refractivity contribution is 6.00. The Morgan fingerprint density at radius 3 is 2.37 bits per heavy atom. The van der Waals surface area contributed by atoms with Crippen LogP contribution in [0.3, 0.4) is 0 Å². The van der Waals surface area contributed by atoms with Crippen molar-refractivity contribution >= 4 is 29.5 Å². The molecule has 1 aliphatic rings. The van der Waals surface area contributed by atoms with Crippen LogP contribution in [0.4, 0.5) is 5.69 Å². The predicted molar refractivity (Wildman–Crippen MR) is 128 cm³/mol. The lowest BCUT2D eigenvalue weighted by molar-refractivity contribution is -0.175. The standard InChI is InChI=1S/C25H36N2O8/c1-6-8-11-17-22(35-19(28)10-7-2)15(4)34-25(32)20(14(3)33-24(17)31)27-23(30)16-12-9-13-18(26-5)21(16)29/h9,12-15,17,20,22,26,29H,6-8,10-11H2,1-5H3,(H,27,30)/t14-,15+,17-,20+,22+/m1/s1. The summed E-state index contributed by atoms with van der Waals surface area (Å²) in [6.45, 7) is 6.81. The van der Waals surface area contributed by atoms with Crippen molar-refractivity contribution < 1.29 is 38.5 Å². The molecule has 0 saturated carbocycles. The van der Waals surface area contributed by atoms with E-state index in [9.17, 15) is 24.3 Å². The van der Waals surface area contributed by atoms with Gasteiger partial charge in [-0.25, -0.2) is 4.79 Å². The third-order valence-corrected chi connectivity index (χ3v) is 5.92. The predicted octanol–water partition coefficient (Wildman–Crippen LogP) is 2.93. The summed E-state index contributed by atoms with van der Waals surface area (Å²) in [5.74, 6) is -3.83. The minimum absolute atomic E-state index is 0.0664. The summed E-state index contributed by atoms with van der Waals surface area (Å²) in [4.78, 5) is 51.4. The second-order valence-electron chi connectivity index (χ2n) is 8.64. The van der Waals surface area contributed by atoms with Gasteiger partial charge in [0.1, 0.15) is 12.2 Å². The zero-order valence-corrected chi connectivity index (χ0v) is 21.0. The Morgan fingerprint density at radius 2 is 1.74 bits per heavy atom. The van der Waals surface area contributed by atoms with Crippen LogP contribution in [0.1, 0.15) is 70.2 Å². The maximum Gasteiger partial charge on any atom is 0.332 e. The molecule has 10 nitrogen and oxygen atoms in total. The van der Waals surface area contributed by atoms with E-state index >= 15 is 0 Å². The second kappa shape index (κ2) is 13.0. The van der Waals surface area contributed by atoms with E-state index in [4.69, 9.17) is 14.2 Å². The molecule has 1 aromatic carbocycles. The molecule has 0 aromatic heterocycles. The number of carbonyl (C=O) groups is 4. The first kappa shape index (κ1) is 27.9. The quantitative estimate of drug-likeness (QED) is 0.270. The van der Waals surface area contributed by atoms with Gasteiger partial charge in [0, 0.05) is 13.5 Å². The van der Waals surface area contributed by atoms with Crippen molar-refractivity contribution in [2.75, 3.05) is 12.4 Å². The molecule has 0 bridgehead atoms. The lowest BCUT2D eigenvalue weighted by atomic mass is 9.92. The molecule has 1 aromatic rings. The first-order valence-electron chi connectivity index (χ1n) is 12.1. The van der Waals surface area contributed by atoms with Gasteiger partial charge in [-0.3, -0.25) is 14.4 Å². The molecule has 0 unspecified atom stereocenters. The van der Waals surface area contributed by atoms with Crippen molar-refractivity contribution in [2.45, 2.75) is 84.2 Å². The number of unbranched alkanes of at least 4 members (excludes halogenated alkanes) is 1. The summed E-state index contributed by atoms with van der Waals surface area (Å²) in [5.41, 5.74) is 0.265. The van der Waals surface area contributed by atoms with Gasteiger partial charge in [0.25, 0.3) is 5.91 Å². The Balaban J connectivity index is 2.34. The smallest absolute Gasteiger partial charge is 0.332 e. The van der Waals surface area contributed by atoms with Crippen molar-refractivity contribution in [3.05, 3.63) is 23.8 Å². The summed E-state index contributed by atoms with van der Waals surface area (Å²) in [6.07, 6.45) is -0.452. The van der Waals surface area contributed by atoms with Gasteiger partial charge in [0.2, 0.25) is 0 Å². The van der Waals surface area contributed by atoms with Gasteiger partial charge in [-0.15, -0.1) is 0 Å². The van der Waals surface area contributed by atoms with E-state index in [1.54, 1.807) is 26.1 Å². The van der Waals surface area contributed by atoms with Crippen LogP contribution in [0.5, 0.6) is 5.75 Å². The Kier molecular flexibility index (Phi) is 10.4. The minimum atomic E-state index is -1.34. The third kappa shape index (κ3) is 7.10. The highest BCUT2D eigenvalue weighted by Gasteiger charge is 2.43. The summed E-state index contributed by atoms with van der Waals surface area (Å²) in [7, 11) is 1.59.